The van der Waals surface area contributed by atoms with Gasteiger partial charge in [-0.25, -0.2) is 4.68 Å². The molecule has 2 aromatic rings. The van der Waals surface area contributed by atoms with E-state index in [9.17, 15) is 4.79 Å². The minimum atomic E-state index is -0.405. The van der Waals surface area contributed by atoms with Gasteiger partial charge in [-0.2, -0.15) is 0 Å². The van der Waals surface area contributed by atoms with Crippen molar-refractivity contribution in [3.05, 3.63) is 51.9 Å². The molecule has 0 spiro atoms. The van der Waals surface area contributed by atoms with Crippen molar-refractivity contribution in [2.45, 2.75) is 19.4 Å². The summed E-state index contributed by atoms with van der Waals surface area (Å²) in [4.78, 5) is 12.5. The van der Waals surface area contributed by atoms with Gasteiger partial charge in [0.1, 0.15) is 0 Å². The molecule has 3 N–H and O–H groups in total. The number of nitrogens with zero attached hydrogens (tertiary/aromatic N) is 2. The Balaban J connectivity index is 2.53. The zero-order chi connectivity index (χ0) is 14.0. The topological polar surface area (TPSA) is 73.2 Å². The van der Waals surface area contributed by atoms with Crippen molar-refractivity contribution < 1.29 is 5.11 Å². The van der Waals surface area contributed by atoms with E-state index in [1.54, 1.807) is 4.68 Å². The molecule has 5 heteroatoms. The maximum atomic E-state index is 12.5. The van der Waals surface area contributed by atoms with Gasteiger partial charge in [0.15, 0.2) is 0 Å². The molecule has 0 aliphatic heterocycles. The SMILES string of the molecule is Cc1c(CC(N)CO)c(=O)n(-c2ccccc2)n1C. The maximum Gasteiger partial charge on any atom is 0.274 e. The van der Waals surface area contributed by atoms with Gasteiger partial charge < -0.3 is 10.8 Å². The molecule has 0 bridgehead atoms. The van der Waals surface area contributed by atoms with E-state index >= 15 is 0 Å². The highest BCUT2D eigenvalue weighted by atomic mass is 16.3. The molecular formula is C14H19N3O2. The van der Waals surface area contributed by atoms with Crippen molar-refractivity contribution in [3.8, 4) is 5.69 Å². The lowest BCUT2D eigenvalue weighted by Gasteiger charge is -2.07. The first-order chi connectivity index (χ1) is 9.06. The van der Waals surface area contributed by atoms with E-state index in [0.29, 0.717) is 12.0 Å². The van der Waals surface area contributed by atoms with Crippen molar-refractivity contribution >= 4 is 0 Å². The molecule has 0 amide bonds. The number of aromatic nitrogens is 2. The van der Waals surface area contributed by atoms with Gasteiger partial charge in [-0.1, -0.05) is 18.2 Å². The number of rotatable bonds is 4. The first kappa shape index (κ1) is 13.6. The van der Waals surface area contributed by atoms with E-state index in [1.165, 1.54) is 0 Å². The summed E-state index contributed by atoms with van der Waals surface area (Å²) in [6.07, 6.45) is 0.384. The van der Waals surface area contributed by atoms with E-state index in [-0.39, 0.29) is 12.2 Å². The van der Waals surface area contributed by atoms with Gasteiger partial charge in [0, 0.05) is 24.3 Å². The third kappa shape index (κ3) is 2.47. The summed E-state index contributed by atoms with van der Waals surface area (Å²) in [5, 5.41) is 9.03. The maximum absolute atomic E-state index is 12.5. The number of nitrogens with two attached hydrogens (primary N) is 1. The summed E-state index contributed by atoms with van der Waals surface area (Å²) in [5.74, 6) is 0. The minimum absolute atomic E-state index is 0.0740. The Morgan fingerprint density at radius 2 is 1.95 bits per heavy atom. The Labute approximate surface area is 111 Å². The van der Waals surface area contributed by atoms with Gasteiger partial charge in [0.05, 0.1) is 12.3 Å². The second kappa shape index (κ2) is 5.42. The Kier molecular flexibility index (Phi) is 3.87. The predicted octanol–water partition coefficient (Wildman–Crippen LogP) is 0.347. The van der Waals surface area contributed by atoms with Crippen LogP contribution in [0.4, 0.5) is 0 Å². The molecule has 0 saturated heterocycles. The van der Waals surface area contributed by atoms with Crippen LogP contribution in [-0.2, 0) is 13.5 Å². The quantitative estimate of drug-likeness (QED) is 0.834. The number of aliphatic hydroxyl groups excluding tert-OH is 1. The Hall–Kier alpha value is -1.85. The molecule has 2 rings (SSSR count). The highest BCUT2D eigenvalue weighted by Gasteiger charge is 2.17. The van der Waals surface area contributed by atoms with Crippen LogP contribution in [0, 0.1) is 6.92 Å². The molecular weight excluding hydrogens is 242 g/mol. The number of aliphatic hydroxyl groups is 1. The molecule has 0 fully saturated rings. The second-order valence-electron chi connectivity index (χ2n) is 4.69. The van der Waals surface area contributed by atoms with Crippen molar-refractivity contribution in [1.29, 1.82) is 0 Å². The van der Waals surface area contributed by atoms with Crippen LogP contribution >= 0.6 is 0 Å². The average molecular weight is 261 g/mol. The monoisotopic (exact) mass is 261 g/mol. The van der Waals surface area contributed by atoms with Gasteiger partial charge in [-0.05, 0) is 25.5 Å². The molecule has 0 radical (unpaired) electrons. The van der Waals surface area contributed by atoms with Gasteiger partial charge in [-0.3, -0.25) is 9.48 Å². The summed E-state index contributed by atoms with van der Waals surface area (Å²) in [5.41, 5.74) is 8.01. The molecule has 1 heterocycles. The second-order valence-corrected chi connectivity index (χ2v) is 4.69. The Morgan fingerprint density at radius 1 is 1.32 bits per heavy atom. The molecule has 102 valence electrons. The molecule has 1 unspecified atom stereocenters. The predicted molar refractivity (Wildman–Crippen MR) is 74.5 cm³/mol. The van der Waals surface area contributed by atoms with Crippen molar-refractivity contribution in [2.75, 3.05) is 6.61 Å². The Morgan fingerprint density at radius 3 is 2.53 bits per heavy atom. The highest BCUT2D eigenvalue weighted by Crippen LogP contribution is 2.11. The molecule has 0 aliphatic carbocycles. The van der Waals surface area contributed by atoms with Crippen LogP contribution < -0.4 is 11.3 Å². The zero-order valence-electron chi connectivity index (χ0n) is 11.2. The third-order valence-corrected chi connectivity index (χ3v) is 3.37. The van der Waals surface area contributed by atoms with Crippen LogP contribution in [0.1, 0.15) is 11.3 Å². The van der Waals surface area contributed by atoms with E-state index in [1.807, 2.05) is 49.0 Å². The van der Waals surface area contributed by atoms with E-state index in [2.05, 4.69) is 0 Å². The largest absolute Gasteiger partial charge is 0.395 e. The molecule has 0 aliphatic rings. The van der Waals surface area contributed by atoms with Crippen LogP contribution in [0.5, 0.6) is 0 Å². The smallest absolute Gasteiger partial charge is 0.274 e. The fourth-order valence-electron chi connectivity index (χ4n) is 2.19. The van der Waals surface area contributed by atoms with Gasteiger partial charge >= 0.3 is 0 Å². The first-order valence-electron chi connectivity index (χ1n) is 6.25. The number of benzene rings is 1. The molecule has 1 aromatic carbocycles. The third-order valence-electron chi connectivity index (χ3n) is 3.37. The van der Waals surface area contributed by atoms with Crippen LogP contribution in [0.15, 0.2) is 35.1 Å². The Bertz CT molecular complexity index is 614. The van der Waals surface area contributed by atoms with E-state index in [0.717, 1.165) is 11.4 Å². The molecule has 19 heavy (non-hydrogen) atoms. The number of hydrogen-bond acceptors (Lipinski definition) is 3. The normalized spacial score (nSPS) is 12.6. The van der Waals surface area contributed by atoms with Crippen LogP contribution in [0.2, 0.25) is 0 Å². The molecule has 1 atom stereocenters. The lowest BCUT2D eigenvalue weighted by atomic mass is 10.1. The average Bonchev–Trinajstić information content (AvgIpc) is 2.63. The minimum Gasteiger partial charge on any atom is -0.395 e. The van der Waals surface area contributed by atoms with Gasteiger partial charge in [0.2, 0.25) is 0 Å². The fraction of sp³-hybridized carbons (Fsp3) is 0.357. The van der Waals surface area contributed by atoms with Crippen molar-refractivity contribution in [1.82, 2.24) is 9.36 Å². The number of hydrogen-bond donors (Lipinski definition) is 2. The van der Waals surface area contributed by atoms with Crippen LogP contribution in [0.25, 0.3) is 5.69 Å². The molecule has 5 nitrogen and oxygen atoms in total. The summed E-state index contributed by atoms with van der Waals surface area (Å²) < 4.78 is 3.44. The van der Waals surface area contributed by atoms with Crippen molar-refractivity contribution in [2.24, 2.45) is 12.8 Å². The fourth-order valence-corrected chi connectivity index (χ4v) is 2.19. The van der Waals surface area contributed by atoms with Gasteiger partial charge in [0.25, 0.3) is 5.56 Å². The lowest BCUT2D eigenvalue weighted by molar-refractivity contribution is 0.265. The van der Waals surface area contributed by atoms with E-state index in [4.69, 9.17) is 10.8 Å². The summed E-state index contributed by atoms with van der Waals surface area (Å²) in [7, 11) is 1.84. The number of para-hydroxylation sites is 1. The summed E-state index contributed by atoms with van der Waals surface area (Å²) in [6, 6.07) is 9.06. The summed E-state index contributed by atoms with van der Waals surface area (Å²) in [6.45, 7) is 1.76. The van der Waals surface area contributed by atoms with Gasteiger partial charge in [-0.15, -0.1) is 0 Å². The first-order valence-corrected chi connectivity index (χ1v) is 6.25. The molecule has 0 saturated carbocycles. The highest BCUT2D eigenvalue weighted by molar-refractivity contribution is 5.33. The molecule has 1 aromatic heterocycles. The lowest BCUT2D eigenvalue weighted by Crippen LogP contribution is -2.30. The van der Waals surface area contributed by atoms with Crippen molar-refractivity contribution in [3.63, 3.8) is 0 Å². The standard InChI is InChI=1S/C14H19N3O2/c1-10-13(8-11(15)9-18)14(19)17(16(10)2)12-6-4-3-5-7-12/h3-7,11,18H,8-9,15H2,1-2H3. The van der Waals surface area contributed by atoms with Crippen LogP contribution in [-0.4, -0.2) is 27.1 Å². The van der Waals surface area contributed by atoms with E-state index < -0.39 is 6.04 Å². The summed E-state index contributed by atoms with van der Waals surface area (Å²) >= 11 is 0. The zero-order valence-corrected chi connectivity index (χ0v) is 11.2. The van der Waals surface area contributed by atoms with Crippen LogP contribution in [0.3, 0.4) is 0 Å².